The highest BCUT2D eigenvalue weighted by Crippen LogP contribution is 2.37. The number of rotatable bonds is 5. The Balaban J connectivity index is 1.38. The first-order valence-electron chi connectivity index (χ1n) is 11.4. The maximum Gasteiger partial charge on any atom is 0.387 e. The van der Waals surface area contributed by atoms with Gasteiger partial charge in [0, 0.05) is 33.8 Å². The number of hydrogen-bond donors (Lipinski definition) is 2. The van der Waals surface area contributed by atoms with E-state index in [1.54, 1.807) is 24.3 Å². The smallest absolute Gasteiger partial charge is 0.387 e. The predicted octanol–water partition coefficient (Wildman–Crippen LogP) is 6.58. The first-order chi connectivity index (χ1) is 17.2. The SMILES string of the molecule is CC1(C)Cc2cc(NC(=O)N3CC(c4ccc(Cl)cc4)=C(c4ccc(OC(F)F)cc4)N3)ccc2O1. The summed E-state index contributed by atoms with van der Waals surface area (Å²) in [5.74, 6) is 0.879. The number of fused-ring (bicyclic) bond motifs is 1. The number of nitrogens with one attached hydrogen (secondary N) is 2. The molecule has 0 unspecified atom stereocenters. The summed E-state index contributed by atoms with van der Waals surface area (Å²) in [6.07, 6.45) is 0.756. The third-order valence-corrected chi connectivity index (χ3v) is 6.24. The van der Waals surface area contributed by atoms with E-state index in [1.165, 1.54) is 17.1 Å². The average molecular weight is 512 g/mol. The van der Waals surface area contributed by atoms with Crippen LogP contribution in [0.2, 0.25) is 5.02 Å². The van der Waals surface area contributed by atoms with Gasteiger partial charge in [-0.15, -0.1) is 0 Å². The van der Waals surface area contributed by atoms with Crippen LogP contribution >= 0.6 is 11.6 Å². The number of amides is 2. The van der Waals surface area contributed by atoms with Crippen LogP contribution in [-0.2, 0) is 6.42 Å². The summed E-state index contributed by atoms with van der Waals surface area (Å²) in [4.78, 5) is 13.2. The molecule has 0 saturated carbocycles. The quantitative estimate of drug-likeness (QED) is 0.406. The van der Waals surface area contributed by atoms with Crippen molar-refractivity contribution < 1.29 is 23.0 Å². The second-order valence-electron chi connectivity index (χ2n) is 9.25. The molecule has 2 heterocycles. The summed E-state index contributed by atoms with van der Waals surface area (Å²) in [5.41, 5.74) is 7.73. The van der Waals surface area contributed by atoms with E-state index in [4.69, 9.17) is 16.3 Å². The summed E-state index contributed by atoms with van der Waals surface area (Å²) >= 11 is 6.07. The van der Waals surface area contributed by atoms with E-state index in [-0.39, 0.29) is 23.9 Å². The maximum absolute atomic E-state index is 13.2. The number of anilines is 1. The van der Waals surface area contributed by atoms with Crippen LogP contribution in [0.15, 0.2) is 66.7 Å². The molecule has 0 aromatic heterocycles. The van der Waals surface area contributed by atoms with Crippen molar-refractivity contribution in [1.82, 2.24) is 10.4 Å². The van der Waals surface area contributed by atoms with Gasteiger partial charge in [-0.05, 0) is 74.0 Å². The zero-order valence-corrected chi connectivity index (χ0v) is 20.4. The molecule has 0 atom stereocenters. The molecule has 0 spiro atoms. The van der Waals surface area contributed by atoms with Crippen LogP contribution in [-0.4, -0.2) is 29.8 Å². The molecule has 2 amide bonds. The van der Waals surface area contributed by atoms with Gasteiger partial charge >= 0.3 is 12.6 Å². The zero-order chi connectivity index (χ0) is 25.4. The van der Waals surface area contributed by atoms with Gasteiger partial charge in [-0.2, -0.15) is 8.78 Å². The lowest BCUT2D eigenvalue weighted by Crippen LogP contribution is -2.40. The predicted molar refractivity (Wildman–Crippen MR) is 135 cm³/mol. The standard InChI is InChI=1S/C27H24ClF2N3O3/c1-27(2)14-18-13-20(9-12-23(18)36-27)31-26(34)33-15-22(16-3-7-19(28)8-4-16)24(32-33)17-5-10-21(11-6-17)35-25(29)30/h3-13,25,32H,14-15H2,1-2H3,(H,31,34). The van der Waals surface area contributed by atoms with Crippen molar-refractivity contribution in [2.24, 2.45) is 0 Å². The van der Waals surface area contributed by atoms with Gasteiger partial charge in [0.25, 0.3) is 0 Å². The van der Waals surface area contributed by atoms with Crippen LogP contribution in [0.25, 0.3) is 11.3 Å². The van der Waals surface area contributed by atoms with Gasteiger partial charge in [0.05, 0.1) is 12.2 Å². The summed E-state index contributed by atoms with van der Waals surface area (Å²) in [7, 11) is 0. The third kappa shape index (κ3) is 5.09. The van der Waals surface area contributed by atoms with Crippen molar-refractivity contribution in [3.63, 3.8) is 0 Å². The van der Waals surface area contributed by atoms with Gasteiger partial charge < -0.3 is 14.8 Å². The lowest BCUT2D eigenvalue weighted by Gasteiger charge is -2.19. The lowest BCUT2D eigenvalue weighted by molar-refractivity contribution is -0.0498. The average Bonchev–Trinajstić information content (AvgIpc) is 3.39. The number of hydrogen-bond acceptors (Lipinski definition) is 4. The normalized spacial score (nSPS) is 16.0. The van der Waals surface area contributed by atoms with Crippen LogP contribution in [0.5, 0.6) is 11.5 Å². The first-order valence-corrected chi connectivity index (χ1v) is 11.8. The number of carbonyl (C=O) groups excluding carboxylic acids is 1. The molecule has 6 nitrogen and oxygen atoms in total. The Morgan fingerprint density at radius 1 is 1.08 bits per heavy atom. The van der Waals surface area contributed by atoms with E-state index >= 15 is 0 Å². The molecular formula is C27H24ClF2N3O3. The second kappa shape index (κ2) is 9.35. The molecule has 36 heavy (non-hydrogen) atoms. The van der Waals surface area contributed by atoms with Crippen LogP contribution in [0.1, 0.15) is 30.5 Å². The Labute approximate surface area is 212 Å². The van der Waals surface area contributed by atoms with Crippen molar-refractivity contribution in [2.75, 3.05) is 11.9 Å². The van der Waals surface area contributed by atoms with Gasteiger partial charge in [-0.3, -0.25) is 5.43 Å². The van der Waals surface area contributed by atoms with Crippen molar-refractivity contribution in [3.8, 4) is 11.5 Å². The number of halogens is 3. The van der Waals surface area contributed by atoms with Crippen LogP contribution < -0.4 is 20.2 Å². The van der Waals surface area contributed by atoms with Crippen molar-refractivity contribution >= 4 is 34.6 Å². The minimum Gasteiger partial charge on any atom is -0.487 e. The number of ether oxygens (including phenoxy) is 2. The van der Waals surface area contributed by atoms with Crippen molar-refractivity contribution in [2.45, 2.75) is 32.5 Å². The van der Waals surface area contributed by atoms with E-state index in [0.717, 1.165) is 28.9 Å². The first kappa shape index (κ1) is 23.9. The number of nitrogens with zero attached hydrogens (tertiary/aromatic N) is 1. The topological polar surface area (TPSA) is 62.8 Å². The summed E-state index contributed by atoms with van der Waals surface area (Å²) < 4.78 is 35.5. The number of alkyl halides is 2. The molecule has 0 fully saturated rings. The lowest BCUT2D eigenvalue weighted by atomic mass is 10.0. The molecular weight excluding hydrogens is 488 g/mol. The molecule has 2 aliphatic rings. The molecule has 2 aliphatic heterocycles. The Hall–Kier alpha value is -3.78. The molecule has 5 rings (SSSR count). The van der Waals surface area contributed by atoms with Crippen molar-refractivity contribution in [1.29, 1.82) is 0 Å². The van der Waals surface area contributed by atoms with Gasteiger partial charge in [-0.1, -0.05) is 23.7 Å². The van der Waals surface area contributed by atoms with Crippen LogP contribution in [0.3, 0.4) is 0 Å². The van der Waals surface area contributed by atoms with Gasteiger partial charge in [0.1, 0.15) is 17.1 Å². The molecule has 0 bridgehead atoms. The summed E-state index contributed by atoms with van der Waals surface area (Å²) in [5, 5.41) is 5.01. The van der Waals surface area contributed by atoms with Gasteiger partial charge in [-0.25, -0.2) is 9.80 Å². The Morgan fingerprint density at radius 3 is 2.47 bits per heavy atom. The van der Waals surface area contributed by atoms with E-state index in [9.17, 15) is 13.6 Å². The highest BCUT2D eigenvalue weighted by atomic mass is 35.5. The number of urea groups is 1. The highest BCUT2D eigenvalue weighted by Gasteiger charge is 2.31. The molecule has 3 aromatic rings. The molecule has 2 N–H and O–H groups in total. The second-order valence-corrected chi connectivity index (χ2v) is 9.69. The molecule has 9 heteroatoms. The van der Waals surface area contributed by atoms with E-state index in [2.05, 4.69) is 15.5 Å². The zero-order valence-electron chi connectivity index (χ0n) is 19.6. The fourth-order valence-electron chi connectivity index (χ4n) is 4.41. The Bertz CT molecular complexity index is 1330. The fraction of sp³-hybridized carbons (Fsp3) is 0.222. The maximum atomic E-state index is 13.2. The highest BCUT2D eigenvalue weighted by molar-refractivity contribution is 6.30. The van der Waals surface area contributed by atoms with E-state index < -0.39 is 6.61 Å². The number of benzene rings is 3. The van der Waals surface area contributed by atoms with E-state index in [0.29, 0.717) is 22.0 Å². The number of hydrazine groups is 1. The van der Waals surface area contributed by atoms with Crippen LogP contribution in [0.4, 0.5) is 19.3 Å². The monoisotopic (exact) mass is 511 g/mol. The molecule has 3 aromatic carbocycles. The molecule has 186 valence electrons. The third-order valence-electron chi connectivity index (χ3n) is 5.98. The summed E-state index contributed by atoms with van der Waals surface area (Å²) in [6, 6.07) is 18.8. The minimum atomic E-state index is -2.90. The number of carbonyl (C=O) groups is 1. The van der Waals surface area contributed by atoms with Crippen molar-refractivity contribution in [3.05, 3.63) is 88.4 Å². The molecule has 0 aliphatic carbocycles. The fourth-order valence-corrected chi connectivity index (χ4v) is 4.53. The molecule has 0 saturated heterocycles. The minimum absolute atomic E-state index is 0.0544. The van der Waals surface area contributed by atoms with Crippen LogP contribution in [0, 0.1) is 0 Å². The Morgan fingerprint density at radius 2 is 1.78 bits per heavy atom. The van der Waals surface area contributed by atoms with E-state index in [1.807, 2.05) is 44.2 Å². The summed E-state index contributed by atoms with van der Waals surface area (Å²) in [6.45, 7) is 1.42. The molecule has 0 radical (unpaired) electrons. The van der Waals surface area contributed by atoms with Gasteiger partial charge in [0.2, 0.25) is 0 Å². The Kier molecular flexibility index (Phi) is 6.22. The van der Waals surface area contributed by atoms with Gasteiger partial charge in [0.15, 0.2) is 0 Å². The largest absolute Gasteiger partial charge is 0.487 e.